The number of piperidine rings is 1. The maximum atomic E-state index is 13.3. The monoisotopic (exact) mass is 409 g/mol. The molecule has 3 aromatic carbocycles. The molecule has 5 heteroatoms. The predicted octanol–water partition coefficient (Wildman–Crippen LogP) is 4.88. The first-order valence-electron chi connectivity index (χ1n) is 10.6. The highest BCUT2D eigenvalue weighted by atomic mass is 16.2. The van der Waals surface area contributed by atoms with Crippen molar-refractivity contribution in [2.75, 3.05) is 18.4 Å². The van der Waals surface area contributed by atoms with E-state index in [9.17, 15) is 9.59 Å². The van der Waals surface area contributed by atoms with Crippen LogP contribution in [0.5, 0.6) is 0 Å². The van der Waals surface area contributed by atoms with Crippen molar-refractivity contribution in [3.8, 4) is 0 Å². The van der Waals surface area contributed by atoms with Crippen LogP contribution in [0.3, 0.4) is 0 Å². The van der Waals surface area contributed by atoms with E-state index in [0.717, 1.165) is 40.1 Å². The van der Waals surface area contributed by atoms with Crippen molar-refractivity contribution >= 4 is 39.0 Å². The van der Waals surface area contributed by atoms with Gasteiger partial charge in [0.1, 0.15) is 0 Å². The summed E-state index contributed by atoms with van der Waals surface area (Å²) in [7, 11) is 0. The summed E-state index contributed by atoms with van der Waals surface area (Å²) >= 11 is 0. The van der Waals surface area contributed by atoms with Crippen LogP contribution >= 0.6 is 0 Å². The molecule has 1 saturated heterocycles. The number of fused-ring (bicyclic) bond motifs is 2. The van der Waals surface area contributed by atoms with Gasteiger partial charge in [-0.25, -0.2) is 0 Å². The van der Waals surface area contributed by atoms with E-state index in [2.05, 4.69) is 10.3 Å². The molecule has 1 aromatic heterocycles. The van der Waals surface area contributed by atoms with Gasteiger partial charge in [-0.15, -0.1) is 0 Å². The van der Waals surface area contributed by atoms with E-state index in [1.54, 1.807) is 12.4 Å². The fourth-order valence-electron chi connectivity index (χ4n) is 4.42. The lowest BCUT2D eigenvalue weighted by Crippen LogP contribution is -2.43. The smallest absolute Gasteiger partial charge is 0.254 e. The van der Waals surface area contributed by atoms with Crippen LogP contribution in [0.4, 0.5) is 5.69 Å². The molecule has 1 atom stereocenters. The first kappa shape index (κ1) is 19.2. The molecule has 31 heavy (non-hydrogen) atoms. The fraction of sp³-hybridized carbons (Fsp3) is 0.192. The van der Waals surface area contributed by atoms with E-state index in [-0.39, 0.29) is 17.7 Å². The van der Waals surface area contributed by atoms with E-state index in [0.29, 0.717) is 18.7 Å². The first-order chi connectivity index (χ1) is 15.2. The van der Waals surface area contributed by atoms with E-state index < -0.39 is 0 Å². The highest BCUT2D eigenvalue weighted by molar-refractivity contribution is 6.07. The van der Waals surface area contributed by atoms with Gasteiger partial charge < -0.3 is 10.2 Å². The summed E-state index contributed by atoms with van der Waals surface area (Å²) in [6, 6.07) is 21.4. The molecule has 2 heterocycles. The van der Waals surface area contributed by atoms with Crippen LogP contribution in [-0.4, -0.2) is 34.8 Å². The topological polar surface area (TPSA) is 62.3 Å². The summed E-state index contributed by atoms with van der Waals surface area (Å²) in [6.07, 6.45) is 5.10. The van der Waals surface area contributed by atoms with Crippen molar-refractivity contribution in [3.05, 3.63) is 84.7 Å². The van der Waals surface area contributed by atoms with Crippen molar-refractivity contribution < 1.29 is 9.59 Å². The van der Waals surface area contributed by atoms with Crippen LogP contribution in [-0.2, 0) is 4.79 Å². The number of amides is 2. The number of pyridine rings is 1. The Balaban J connectivity index is 1.35. The predicted molar refractivity (Wildman–Crippen MR) is 123 cm³/mol. The molecule has 4 aromatic rings. The van der Waals surface area contributed by atoms with Gasteiger partial charge in [0.2, 0.25) is 5.91 Å². The molecule has 154 valence electrons. The Kier molecular flexibility index (Phi) is 5.08. The maximum absolute atomic E-state index is 13.3. The van der Waals surface area contributed by atoms with Crippen LogP contribution in [0.2, 0.25) is 0 Å². The summed E-state index contributed by atoms with van der Waals surface area (Å²) in [5, 5.41) is 7.02. The Morgan fingerprint density at radius 3 is 2.65 bits per heavy atom. The van der Waals surface area contributed by atoms with Crippen LogP contribution in [0, 0.1) is 5.92 Å². The third-order valence-corrected chi connectivity index (χ3v) is 6.04. The highest BCUT2D eigenvalue weighted by Gasteiger charge is 2.29. The molecule has 0 aliphatic carbocycles. The minimum atomic E-state index is -0.232. The zero-order valence-electron chi connectivity index (χ0n) is 17.1. The largest absolute Gasteiger partial charge is 0.338 e. The Morgan fingerprint density at radius 1 is 0.903 bits per heavy atom. The number of carbonyl (C=O) groups is 2. The van der Waals surface area contributed by atoms with Crippen molar-refractivity contribution in [2.24, 2.45) is 5.92 Å². The van der Waals surface area contributed by atoms with Gasteiger partial charge in [-0.1, -0.05) is 48.5 Å². The number of anilines is 1. The van der Waals surface area contributed by atoms with Crippen molar-refractivity contribution in [2.45, 2.75) is 12.8 Å². The molecule has 0 saturated carbocycles. The zero-order chi connectivity index (χ0) is 21.2. The maximum Gasteiger partial charge on any atom is 0.254 e. The van der Waals surface area contributed by atoms with E-state index >= 15 is 0 Å². The quantitative estimate of drug-likeness (QED) is 0.525. The van der Waals surface area contributed by atoms with E-state index in [1.807, 2.05) is 71.6 Å². The summed E-state index contributed by atoms with van der Waals surface area (Å²) in [5.41, 5.74) is 1.48. The highest BCUT2D eigenvalue weighted by Crippen LogP contribution is 2.26. The average molecular weight is 409 g/mol. The van der Waals surface area contributed by atoms with Crippen LogP contribution in [0.1, 0.15) is 23.2 Å². The van der Waals surface area contributed by atoms with Gasteiger partial charge >= 0.3 is 0 Å². The SMILES string of the molecule is O=C(Nc1cccc2cnccc12)[C@@H]1CCCN(C(=O)c2cccc3ccccc23)C1. The van der Waals surface area contributed by atoms with Gasteiger partial charge in [0.25, 0.3) is 5.91 Å². The first-order valence-corrected chi connectivity index (χ1v) is 10.6. The summed E-state index contributed by atoms with van der Waals surface area (Å²) in [6.45, 7) is 1.10. The minimum Gasteiger partial charge on any atom is -0.338 e. The molecule has 5 rings (SSSR count). The number of rotatable bonds is 3. The van der Waals surface area contributed by atoms with Gasteiger partial charge in [0, 0.05) is 47.5 Å². The van der Waals surface area contributed by atoms with Crippen LogP contribution in [0.15, 0.2) is 79.1 Å². The Labute approximate surface area is 180 Å². The molecule has 1 aliphatic heterocycles. The van der Waals surface area contributed by atoms with Gasteiger partial charge in [0.05, 0.1) is 5.92 Å². The lowest BCUT2D eigenvalue weighted by molar-refractivity contribution is -0.121. The van der Waals surface area contributed by atoms with Crippen molar-refractivity contribution in [1.82, 2.24) is 9.88 Å². The molecule has 5 nitrogen and oxygen atoms in total. The van der Waals surface area contributed by atoms with Gasteiger partial charge in [-0.2, -0.15) is 0 Å². The molecule has 0 radical (unpaired) electrons. The minimum absolute atomic E-state index is 0.00876. The normalized spacial score (nSPS) is 16.4. The number of carbonyl (C=O) groups excluding carboxylic acids is 2. The van der Waals surface area contributed by atoms with Gasteiger partial charge in [0.15, 0.2) is 0 Å². The van der Waals surface area contributed by atoms with Crippen molar-refractivity contribution in [1.29, 1.82) is 0 Å². The summed E-state index contributed by atoms with van der Waals surface area (Å²) in [4.78, 5) is 32.3. The number of benzene rings is 3. The zero-order valence-corrected chi connectivity index (χ0v) is 17.1. The number of nitrogens with one attached hydrogen (secondary N) is 1. The molecule has 0 unspecified atom stereocenters. The average Bonchev–Trinajstić information content (AvgIpc) is 2.83. The molecule has 1 N–H and O–H groups in total. The molecule has 1 aliphatic rings. The number of hydrogen-bond donors (Lipinski definition) is 1. The number of nitrogens with zero attached hydrogens (tertiary/aromatic N) is 2. The molecule has 0 bridgehead atoms. The van der Waals surface area contributed by atoms with Gasteiger partial charge in [-0.05, 0) is 41.8 Å². The second-order valence-electron chi connectivity index (χ2n) is 8.01. The van der Waals surface area contributed by atoms with Crippen LogP contribution < -0.4 is 5.32 Å². The van der Waals surface area contributed by atoms with Crippen LogP contribution in [0.25, 0.3) is 21.5 Å². The lowest BCUT2D eigenvalue weighted by Gasteiger charge is -2.32. The molecular weight excluding hydrogens is 386 g/mol. The summed E-state index contributed by atoms with van der Waals surface area (Å²) < 4.78 is 0. The van der Waals surface area contributed by atoms with E-state index in [4.69, 9.17) is 0 Å². The van der Waals surface area contributed by atoms with Gasteiger partial charge in [-0.3, -0.25) is 14.6 Å². The lowest BCUT2D eigenvalue weighted by atomic mass is 9.95. The molecule has 0 spiro atoms. The molecule has 1 fully saturated rings. The molecular formula is C26H23N3O2. The second-order valence-corrected chi connectivity index (χ2v) is 8.01. The third-order valence-electron chi connectivity index (χ3n) is 6.04. The Bertz CT molecular complexity index is 1270. The van der Waals surface area contributed by atoms with Crippen molar-refractivity contribution in [3.63, 3.8) is 0 Å². The standard InChI is InChI=1S/C26H23N3O2/c30-25(28-24-12-4-8-19-16-27-14-13-22(19)24)20-9-5-15-29(17-20)26(31)23-11-3-7-18-6-1-2-10-21(18)23/h1-4,6-8,10-14,16,20H,5,9,15,17H2,(H,28,30)/t20-/m1/s1. The number of likely N-dealkylation sites (tertiary alicyclic amines) is 1. The number of aromatic nitrogens is 1. The Hall–Kier alpha value is -3.73. The number of hydrogen-bond acceptors (Lipinski definition) is 3. The fourth-order valence-corrected chi connectivity index (χ4v) is 4.42. The Morgan fingerprint density at radius 2 is 1.71 bits per heavy atom. The summed E-state index contributed by atoms with van der Waals surface area (Å²) in [5.74, 6) is -0.282. The molecule has 2 amide bonds. The van der Waals surface area contributed by atoms with E-state index in [1.165, 1.54) is 0 Å². The second kappa shape index (κ2) is 8.19. The third kappa shape index (κ3) is 3.75.